The van der Waals surface area contributed by atoms with Crippen LogP contribution in [0.5, 0.6) is 0 Å². The van der Waals surface area contributed by atoms with Crippen LogP contribution in [-0.4, -0.2) is 27.6 Å². The first-order valence-electron chi connectivity index (χ1n) is 13.7. The minimum absolute atomic E-state index is 0.122. The molecule has 1 aliphatic carbocycles. The Hall–Kier alpha value is -3.80. The van der Waals surface area contributed by atoms with E-state index < -0.39 is 5.79 Å². The van der Waals surface area contributed by atoms with Crippen molar-refractivity contribution in [3.8, 4) is 11.3 Å². The molecule has 5 nitrogen and oxygen atoms in total. The summed E-state index contributed by atoms with van der Waals surface area (Å²) >= 11 is 0. The molecule has 2 aliphatic rings. The number of ether oxygens (including phenoxy) is 1. The van der Waals surface area contributed by atoms with Crippen LogP contribution in [0, 0.1) is 5.41 Å². The van der Waals surface area contributed by atoms with Crippen LogP contribution >= 0.6 is 0 Å². The van der Waals surface area contributed by atoms with Crippen LogP contribution in [0.4, 0.5) is 0 Å². The number of nitrogens with zero attached hydrogens (tertiary/aromatic N) is 3. The van der Waals surface area contributed by atoms with Crippen LogP contribution in [-0.2, 0) is 18.2 Å². The van der Waals surface area contributed by atoms with Crippen molar-refractivity contribution in [3.05, 3.63) is 84.2 Å². The van der Waals surface area contributed by atoms with E-state index in [-0.39, 0.29) is 17.4 Å². The van der Waals surface area contributed by atoms with Crippen molar-refractivity contribution in [2.45, 2.75) is 44.9 Å². The van der Waals surface area contributed by atoms with Crippen molar-refractivity contribution in [1.82, 2.24) is 9.55 Å². The standard InChI is InChI=1S/C34H32N3O2/c1-33(2,3)17-26-22-13-9-8-12-21(22)16-25-27-30-24-15-20-11-7-6-10-19(20)14-23(24)28-31(34(28,38)39-5)37(30)18-35-32(27)36(4)29(25)26/h6-16,18,28,31,38H,17H2,1-5H3/q+1. The van der Waals surface area contributed by atoms with Gasteiger partial charge in [0, 0.05) is 25.1 Å². The van der Waals surface area contributed by atoms with Crippen LogP contribution in [0.2, 0.25) is 0 Å². The Balaban J connectivity index is 1.56. The molecule has 5 heteroatoms. The first-order chi connectivity index (χ1) is 18.7. The van der Waals surface area contributed by atoms with Gasteiger partial charge in [0.15, 0.2) is 6.04 Å². The first kappa shape index (κ1) is 23.1. The van der Waals surface area contributed by atoms with E-state index in [1.165, 1.54) is 38.0 Å². The molecule has 1 N–H and O–H groups in total. The summed E-state index contributed by atoms with van der Waals surface area (Å²) < 4.78 is 10.2. The monoisotopic (exact) mass is 514 g/mol. The van der Waals surface area contributed by atoms with E-state index in [1.54, 1.807) is 7.11 Å². The Bertz CT molecular complexity index is 2020. The van der Waals surface area contributed by atoms with E-state index in [9.17, 15) is 5.11 Å². The molecule has 3 atom stereocenters. The third-order valence-corrected chi connectivity index (χ3v) is 8.99. The van der Waals surface area contributed by atoms with E-state index >= 15 is 0 Å². The summed E-state index contributed by atoms with van der Waals surface area (Å²) in [4.78, 5) is 5.03. The van der Waals surface area contributed by atoms with Gasteiger partial charge < -0.3 is 14.4 Å². The maximum atomic E-state index is 11.6. The predicted molar refractivity (Wildman–Crippen MR) is 156 cm³/mol. The zero-order chi connectivity index (χ0) is 26.8. The number of hydrogen-bond donors (Lipinski definition) is 1. The summed E-state index contributed by atoms with van der Waals surface area (Å²) in [5.74, 6) is -1.39. The number of rotatable bonds is 2. The molecule has 6 aromatic rings. The highest BCUT2D eigenvalue weighted by atomic mass is 16.6. The van der Waals surface area contributed by atoms with Crippen molar-refractivity contribution >= 4 is 43.5 Å². The molecule has 0 radical (unpaired) electrons. The molecule has 1 fully saturated rings. The number of fused-ring (bicyclic) bond motifs is 12. The minimum Gasteiger partial charge on any atom is -0.362 e. The number of aromatic nitrogens is 3. The topological polar surface area (TPSA) is 51.2 Å². The molecular weight excluding hydrogens is 482 g/mol. The molecule has 3 heterocycles. The smallest absolute Gasteiger partial charge is 0.289 e. The number of hydrogen-bond acceptors (Lipinski definition) is 3. The van der Waals surface area contributed by atoms with Crippen LogP contribution in [0.15, 0.2) is 73.1 Å². The van der Waals surface area contributed by atoms with Gasteiger partial charge in [0.25, 0.3) is 12.0 Å². The largest absolute Gasteiger partial charge is 0.362 e. The van der Waals surface area contributed by atoms with Crippen molar-refractivity contribution < 1.29 is 14.4 Å². The summed E-state index contributed by atoms with van der Waals surface area (Å²) in [5.41, 5.74) is 7.08. The highest BCUT2D eigenvalue weighted by Gasteiger charge is 2.73. The fraction of sp³-hybridized carbons (Fsp3) is 0.294. The molecule has 0 amide bonds. The highest BCUT2D eigenvalue weighted by Crippen LogP contribution is 2.63. The summed E-state index contributed by atoms with van der Waals surface area (Å²) in [7, 11) is 3.75. The second-order valence-electron chi connectivity index (χ2n) is 12.6. The van der Waals surface area contributed by atoms with Crippen molar-refractivity contribution in [1.29, 1.82) is 0 Å². The van der Waals surface area contributed by atoms with E-state index in [0.717, 1.165) is 34.3 Å². The van der Waals surface area contributed by atoms with Crippen LogP contribution < -0.4 is 4.57 Å². The summed E-state index contributed by atoms with van der Waals surface area (Å²) in [6, 6.07) is 23.9. The van der Waals surface area contributed by atoms with Gasteiger partial charge in [-0.1, -0.05) is 69.3 Å². The third-order valence-electron chi connectivity index (χ3n) is 8.99. The Labute approximate surface area is 227 Å². The van der Waals surface area contributed by atoms with Gasteiger partial charge in [0.2, 0.25) is 5.79 Å². The zero-order valence-corrected chi connectivity index (χ0v) is 23.0. The first-order valence-corrected chi connectivity index (χ1v) is 13.7. The molecular formula is C34H32N3O2+. The van der Waals surface area contributed by atoms with Gasteiger partial charge in [-0.15, -0.1) is 0 Å². The van der Waals surface area contributed by atoms with Gasteiger partial charge in [0.05, 0.1) is 11.4 Å². The maximum Gasteiger partial charge on any atom is 0.289 e. The zero-order valence-electron chi connectivity index (χ0n) is 23.0. The molecule has 3 unspecified atom stereocenters. The lowest BCUT2D eigenvalue weighted by Gasteiger charge is -2.21. The summed E-state index contributed by atoms with van der Waals surface area (Å²) in [6.07, 6.45) is 2.87. The summed E-state index contributed by atoms with van der Waals surface area (Å²) in [5, 5.41) is 18.8. The maximum absolute atomic E-state index is 11.6. The van der Waals surface area contributed by atoms with E-state index in [0.29, 0.717) is 0 Å². The van der Waals surface area contributed by atoms with Crippen LogP contribution in [0.1, 0.15) is 43.9 Å². The quantitative estimate of drug-likeness (QED) is 0.210. The fourth-order valence-electron chi connectivity index (χ4n) is 7.32. The number of methoxy groups -OCH3 is 1. The second-order valence-corrected chi connectivity index (χ2v) is 12.6. The molecule has 1 saturated carbocycles. The molecule has 8 rings (SSSR count). The van der Waals surface area contributed by atoms with Gasteiger partial charge in [-0.25, -0.2) is 4.57 Å². The molecule has 1 aliphatic heterocycles. The van der Waals surface area contributed by atoms with E-state index in [4.69, 9.17) is 9.72 Å². The molecule has 194 valence electrons. The molecule has 0 saturated heterocycles. The van der Waals surface area contributed by atoms with Gasteiger partial charge >= 0.3 is 0 Å². The molecule has 2 aromatic heterocycles. The molecule has 39 heavy (non-hydrogen) atoms. The Morgan fingerprint density at radius 1 is 0.974 bits per heavy atom. The fourth-order valence-corrected chi connectivity index (χ4v) is 7.32. The molecule has 0 spiro atoms. The van der Waals surface area contributed by atoms with E-state index in [1.807, 2.05) is 6.33 Å². The van der Waals surface area contributed by atoms with Gasteiger partial charge in [-0.2, -0.15) is 0 Å². The SMILES string of the molecule is COC1(O)C2c3cc4ccccc4cc3-c3c4c5cc6ccccc6c(CC(C)(C)C)c5n(C)c4nc[n+]3C21. The van der Waals surface area contributed by atoms with Crippen molar-refractivity contribution in [2.24, 2.45) is 12.5 Å². The third kappa shape index (κ3) is 2.97. The lowest BCUT2D eigenvalue weighted by Crippen LogP contribution is -2.41. The minimum atomic E-state index is -1.25. The molecule has 0 bridgehead atoms. The number of aryl methyl sites for hydroxylation is 1. The highest BCUT2D eigenvalue weighted by molar-refractivity contribution is 6.17. The van der Waals surface area contributed by atoms with Crippen molar-refractivity contribution in [2.75, 3.05) is 7.11 Å². The summed E-state index contributed by atoms with van der Waals surface area (Å²) in [6.45, 7) is 6.91. The predicted octanol–water partition coefficient (Wildman–Crippen LogP) is 6.56. The second kappa shape index (κ2) is 7.44. The Morgan fingerprint density at radius 2 is 1.67 bits per heavy atom. The lowest BCUT2D eigenvalue weighted by molar-refractivity contribution is -0.704. The number of benzene rings is 4. The lowest BCUT2D eigenvalue weighted by atomic mass is 9.84. The van der Waals surface area contributed by atoms with Crippen LogP contribution in [0.3, 0.4) is 0 Å². The normalized spacial score (nSPS) is 21.9. The average molecular weight is 515 g/mol. The van der Waals surface area contributed by atoms with E-state index in [2.05, 4.69) is 104 Å². The Kier molecular flexibility index (Phi) is 4.41. The van der Waals surface area contributed by atoms with Gasteiger partial charge in [-0.3, -0.25) is 0 Å². The van der Waals surface area contributed by atoms with Gasteiger partial charge in [0.1, 0.15) is 11.1 Å². The Morgan fingerprint density at radius 3 is 2.38 bits per heavy atom. The van der Waals surface area contributed by atoms with Gasteiger partial charge in [-0.05, 0) is 67.7 Å². The van der Waals surface area contributed by atoms with Crippen molar-refractivity contribution in [3.63, 3.8) is 0 Å². The molecule has 4 aromatic carbocycles. The van der Waals surface area contributed by atoms with Crippen LogP contribution in [0.25, 0.3) is 54.7 Å². The number of aliphatic hydroxyl groups is 1. The average Bonchev–Trinajstić information content (AvgIpc) is 3.45.